The van der Waals surface area contributed by atoms with Crippen LogP contribution >= 0.6 is 11.6 Å². The molecule has 3 unspecified atom stereocenters. The van der Waals surface area contributed by atoms with Crippen LogP contribution in [0.1, 0.15) is 35.1 Å². The van der Waals surface area contributed by atoms with Crippen molar-refractivity contribution in [1.29, 1.82) is 0 Å². The first kappa shape index (κ1) is 13.6. The molecule has 3 rings (SSSR count). The lowest BCUT2D eigenvalue weighted by Crippen LogP contribution is -2.03. The van der Waals surface area contributed by atoms with Crippen molar-refractivity contribution in [3.63, 3.8) is 0 Å². The van der Waals surface area contributed by atoms with Gasteiger partial charge in [0, 0.05) is 5.02 Å². The maximum atomic E-state index is 13.4. The number of aryl methyl sites for hydroxylation is 1. The number of hydrogen-bond donors (Lipinski definition) is 1. The summed E-state index contributed by atoms with van der Waals surface area (Å²) in [5, 5.41) is 10.8. The fourth-order valence-electron chi connectivity index (χ4n) is 2.78. The molecule has 0 aromatic heterocycles. The normalized spacial score (nSPS) is 22.6. The summed E-state index contributed by atoms with van der Waals surface area (Å²) in [6.07, 6.45) is 0.310. The van der Waals surface area contributed by atoms with Gasteiger partial charge in [-0.25, -0.2) is 4.39 Å². The summed E-state index contributed by atoms with van der Waals surface area (Å²) in [6, 6.07) is 13.1. The molecule has 0 spiro atoms. The minimum Gasteiger partial charge on any atom is -0.388 e. The van der Waals surface area contributed by atoms with Crippen LogP contribution in [-0.4, -0.2) is 5.11 Å². The van der Waals surface area contributed by atoms with Crippen LogP contribution in [0.5, 0.6) is 0 Å². The van der Waals surface area contributed by atoms with E-state index in [0.29, 0.717) is 22.1 Å². The molecule has 20 heavy (non-hydrogen) atoms. The first-order valence-corrected chi connectivity index (χ1v) is 7.14. The van der Waals surface area contributed by atoms with E-state index in [1.807, 2.05) is 18.2 Å². The number of aliphatic hydroxyl groups is 1. The SMILES string of the molecule is Cc1cc(C(O)C2CC2c2ccccc2)c(Cl)cc1F. The summed E-state index contributed by atoms with van der Waals surface area (Å²) in [7, 11) is 0. The van der Waals surface area contributed by atoms with Crippen molar-refractivity contribution in [2.45, 2.75) is 25.4 Å². The van der Waals surface area contributed by atoms with Crippen LogP contribution < -0.4 is 0 Å². The van der Waals surface area contributed by atoms with Crippen LogP contribution in [0.3, 0.4) is 0 Å². The highest BCUT2D eigenvalue weighted by Gasteiger charge is 2.44. The summed E-state index contributed by atoms with van der Waals surface area (Å²) in [5.74, 6) is 0.203. The lowest BCUT2D eigenvalue weighted by atomic mass is 9.99. The Kier molecular flexibility index (Phi) is 3.53. The predicted octanol–water partition coefficient (Wildman–Crippen LogP) is 4.62. The van der Waals surface area contributed by atoms with Crippen molar-refractivity contribution in [2.24, 2.45) is 5.92 Å². The molecular formula is C17H16ClFO. The molecule has 1 aliphatic carbocycles. The molecule has 1 saturated carbocycles. The quantitative estimate of drug-likeness (QED) is 0.874. The van der Waals surface area contributed by atoms with Crippen LogP contribution in [-0.2, 0) is 0 Å². The Morgan fingerprint density at radius 2 is 1.95 bits per heavy atom. The van der Waals surface area contributed by atoms with Gasteiger partial charge in [0.05, 0.1) is 6.10 Å². The van der Waals surface area contributed by atoms with E-state index >= 15 is 0 Å². The molecule has 3 heteroatoms. The van der Waals surface area contributed by atoms with Gasteiger partial charge in [-0.3, -0.25) is 0 Å². The summed E-state index contributed by atoms with van der Waals surface area (Å²) in [4.78, 5) is 0. The first-order chi connectivity index (χ1) is 9.58. The lowest BCUT2D eigenvalue weighted by molar-refractivity contribution is 0.151. The fourth-order valence-corrected chi connectivity index (χ4v) is 3.05. The van der Waals surface area contributed by atoms with Crippen molar-refractivity contribution < 1.29 is 9.50 Å². The maximum absolute atomic E-state index is 13.4. The van der Waals surface area contributed by atoms with Crippen molar-refractivity contribution in [3.8, 4) is 0 Å². The minimum absolute atomic E-state index is 0.166. The number of hydrogen-bond acceptors (Lipinski definition) is 1. The molecule has 1 fully saturated rings. The summed E-state index contributed by atoms with van der Waals surface area (Å²) in [5.41, 5.74) is 2.39. The van der Waals surface area contributed by atoms with E-state index in [9.17, 15) is 9.50 Å². The zero-order valence-corrected chi connectivity index (χ0v) is 11.9. The second-order valence-corrected chi connectivity index (χ2v) is 5.89. The van der Waals surface area contributed by atoms with Gasteiger partial charge in [-0.15, -0.1) is 0 Å². The van der Waals surface area contributed by atoms with Gasteiger partial charge in [-0.2, -0.15) is 0 Å². The lowest BCUT2D eigenvalue weighted by Gasteiger charge is -2.14. The van der Waals surface area contributed by atoms with Crippen molar-refractivity contribution in [3.05, 3.63) is 70.0 Å². The molecular weight excluding hydrogens is 275 g/mol. The van der Waals surface area contributed by atoms with Gasteiger partial charge in [0.1, 0.15) is 5.82 Å². The van der Waals surface area contributed by atoms with E-state index in [4.69, 9.17) is 11.6 Å². The van der Waals surface area contributed by atoms with E-state index < -0.39 is 6.10 Å². The van der Waals surface area contributed by atoms with Gasteiger partial charge in [-0.1, -0.05) is 41.9 Å². The van der Waals surface area contributed by atoms with Crippen LogP contribution in [0.4, 0.5) is 4.39 Å². The van der Waals surface area contributed by atoms with Gasteiger partial charge in [0.25, 0.3) is 0 Å². The topological polar surface area (TPSA) is 20.2 Å². The van der Waals surface area contributed by atoms with E-state index in [1.165, 1.54) is 11.6 Å². The second kappa shape index (κ2) is 5.19. The summed E-state index contributed by atoms with van der Waals surface area (Å²) in [6.45, 7) is 1.68. The minimum atomic E-state index is -0.632. The molecule has 2 aromatic rings. The molecule has 104 valence electrons. The fraction of sp³-hybridized carbons (Fsp3) is 0.294. The third-order valence-electron chi connectivity index (χ3n) is 4.07. The van der Waals surface area contributed by atoms with Gasteiger partial charge in [0.2, 0.25) is 0 Å². The van der Waals surface area contributed by atoms with Gasteiger partial charge in [0.15, 0.2) is 0 Å². The third kappa shape index (κ3) is 2.46. The average molecular weight is 291 g/mol. The number of aliphatic hydroxyl groups excluding tert-OH is 1. The molecule has 0 bridgehead atoms. The van der Waals surface area contributed by atoms with Crippen molar-refractivity contribution in [2.75, 3.05) is 0 Å². The predicted molar refractivity (Wildman–Crippen MR) is 78.4 cm³/mol. The average Bonchev–Trinajstić information content (AvgIpc) is 3.23. The van der Waals surface area contributed by atoms with Crippen LogP contribution in [0.15, 0.2) is 42.5 Å². The number of rotatable bonds is 3. The molecule has 3 atom stereocenters. The zero-order valence-electron chi connectivity index (χ0n) is 11.2. The molecule has 1 N–H and O–H groups in total. The van der Waals surface area contributed by atoms with E-state index in [1.54, 1.807) is 13.0 Å². The molecule has 1 aliphatic rings. The Hall–Kier alpha value is -1.38. The van der Waals surface area contributed by atoms with E-state index in [-0.39, 0.29) is 11.7 Å². The molecule has 1 nitrogen and oxygen atoms in total. The highest BCUT2D eigenvalue weighted by atomic mass is 35.5. The van der Waals surface area contributed by atoms with Crippen LogP contribution in [0, 0.1) is 18.7 Å². The van der Waals surface area contributed by atoms with Gasteiger partial charge >= 0.3 is 0 Å². The molecule has 0 saturated heterocycles. The Labute approximate surface area is 123 Å². The molecule has 0 amide bonds. The Morgan fingerprint density at radius 3 is 2.65 bits per heavy atom. The van der Waals surface area contributed by atoms with Crippen LogP contribution in [0.25, 0.3) is 0 Å². The smallest absolute Gasteiger partial charge is 0.127 e. The Balaban J connectivity index is 1.82. The second-order valence-electron chi connectivity index (χ2n) is 5.48. The highest BCUT2D eigenvalue weighted by molar-refractivity contribution is 6.31. The van der Waals surface area contributed by atoms with E-state index in [2.05, 4.69) is 12.1 Å². The van der Waals surface area contributed by atoms with Crippen molar-refractivity contribution >= 4 is 11.6 Å². The molecule has 2 aromatic carbocycles. The summed E-state index contributed by atoms with van der Waals surface area (Å²) < 4.78 is 13.4. The van der Waals surface area contributed by atoms with Gasteiger partial charge in [-0.05, 0) is 54.0 Å². The van der Waals surface area contributed by atoms with E-state index in [0.717, 1.165) is 6.42 Å². The number of benzene rings is 2. The first-order valence-electron chi connectivity index (χ1n) is 6.76. The van der Waals surface area contributed by atoms with Gasteiger partial charge < -0.3 is 5.11 Å². The molecule has 0 aliphatic heterocycles. The standard InChI is InChI=1S/C17H16ClFO/c1-10-7-14(15(18)9-16(10)19)17(20)13-8-12(13)11-5-3-2-4-6-11/h2-7,9,12-13,17,20H,8H2,1H3. The largest absolute Gasteiger partial charge is 0.388 e. The van der Waals surface area contributed by atoms with Crippen LogP contribution in [0.2, 0.25) is 5.02 Å². The number of halogens is 2. The van der Waals surface area contributed by atoms with Crippen molar-refractivity contribution in [1.82, 2.24) is 0 Å². The summed E-state index contributed by atoms with van der Waals surface area (Å²) >= 11 is 6.06. The molecule has 0 radical (unpaired) electrons. The maximum Gasteiger partial charge on any atom is 0.127 e. The zero-order chi connectivity index (χ0) is 14.3. The highest BCUT2D eigenvalue weighted by Crippen LogP contribution is 2.54. The molecule has 0 heterocycles. The third-order valence-corrected chi connectivity index (χ3v) is 4.40. The monoisotopic (exact) mass is 290 g/mol. The Bertz CT molecular complexity index is 626. The Morgan fingerprint density at radius 1 is 1.25 bits per heavy atom.